The summed E-state index contributed by atoms with van der Waals surface area (Å²) in [5, 5.41) is 24.5. The molecule has 0 spiro atoms. The molecule has 0 saturated carbocycles. The van der Waals surface area contributed by atoms with Gasteiger partial charge >= 0.3 is 17.9 Å². The summed E-state index contributed by atoms with van der Waals surface area (Å²) < 4.78 is 0. The van der Waals surface area contributed by atoms with Gasteiger partial charge in [0.2, 0.25) is 0 Å². The largest absolute Gasteiger partial charge is 0.481 e. The molecule has 9 heteroatoms. The molecule has 15 heavy (non-hydrogen) atoms. The average molecular weight is 367 g/mol. The summed E-state index contributed by atoms with van der Waals surface area (Å²) in [5.74, 6) is -4.40. The Morgan fingerprint density at radius 1 is 1.00 bits per heavy atom. The van der Waals surface area contributed by atoms with Crippen LogP contribution < -0.4 is 0 Å². The van der Waals surface area contributed by atoms with Gasteiger partial charge in [0.1, 0.15) is 0 Å². The van der Waals surface area contributed by atoms with Gasteiger partial charge in [-0.15, -0.1) is 0 Å². The third-order valence-electron chi connectivity index (χ3n) is 0.914. The van der Waals surface area contributed by atoms with Crippen LogP contribution in [0.2, 0.25) is 0 Å². The van der Waals surface area contributed by atoms with Crippen molar-refractivity contribution in [3.63, 3.8) is 0 Å². The first-order chi connectivity index (χ1) is 5.43. The number of carboxylic acid groups (broad SMARTS) is 3. The Hall–Kier alpha value is -0.605. The molecule has 0 radical (unpaired) electrons. The Balaban J connectivity index is -0.000000202. The molecule has 0 fully saturated rings. The number of hydrogen-bond donors (Lipinski definition) is 3. The standard InChI is InChI=1S/C6H6O6.Gd.2H2O/c7-4(8)1-3(6(11)12)2-5(9)10;;;/h1H,2H2,(H,7,8)(H,9,10)(H,11,12);;2*1H2. The molecule has 0 aliphatic rings. The van der Waals surface area contributed by atoms with Gasteiger partial charge in [-0.2, -0.15) is 0 Å². The normalized spacial score (nSPS) is 8.67. The predicted molar refractivity (Wildman–Crippen MR) is 42.8 cm³/mol. The van der Waals surface area contributed by atoms with Gasteiger partial charge in [-0.1, -0.05) is 0 Å². The van der Waals surface area contributed by atoms with Crippen LogP contribution in [0, 0.1) is 39.9 Å². The molecular weight excluding hydrogens is 357 g/mol. The van der Waals surface area contributed by atoms with E-state index in [1.54, 1.807) is 0 Å². The maximum atomic E-state index is 10.2. The first kappa shape index (κ1) is 23.9. The van der Waals surface area contributed by atoms with E-state index in [0.29, 0.717) is 6.08 Å². The van der Waals surface area contributed by atoms with Crippen LogP contribution in [-0.4, -0.2) is 44.2 Å². The summed E-state index contributed by atoms with van der Waals surface area (Å²) in [6.45, 7) is 0. The topological polar surface area (TPSA) is 175 Å². The zero-order valence-electron chi connectivity index (χ0n) is 7.20. The van der Waals surface area contributed by atoms with Crippen LogP contribution in [0.25, 0.3) is 0 Å². The van der Waals surface area contributed by atoms with E-state index in [4.69, 9.17) is 15.3 Å². The molecule has 0 rings (SSSR count). The zero-order chi connectivity index (χ0) is 9.72. The number of carboxylic acids is 3. The van der Waals surface area contributed by atoms with Crippen LogP contribution in [0.15, 0.2) is 11.6 Å². The smallest absolute Gasteiger partial charge is 0.332 e. The molecule has 0 bridgehead atoms. The van der Waals surface area contributed by atoms with Crippen LogP contribution in [0.1, 0.15) is 6.42 Å². The van der Waals surface area contributed by atoms with Gasteiger partial charge in [0.25, 0.3) is 0 Å². The summed E-state index contributed by atoms with van der Waals surface area (Å²) >= 11 is 0. The molecule has 7 N–H and O–H groups in total. The quantitative estimate of drug-likeness (QED) is 0.480. The molecule has 0 unspecified atom stereocenters. The predicted octanol–water partition coefficient (Wildman–Crippen LogP) is -2.09. The van der Waals surface area contributed by atoms with Gasteiger partial charge in [0.05, 0.1) is 12.0 Å². The van der Waals surface area contributed by atoms with Crippen molar-refractivity contribution in [3.05, 3.63) is 11.6 Å². The van der Waals surface area contributed by atoms with E-state index in [1.807, 2.05) is 0 Å². The molecule has 0 aliphatic carbocycles. The van der Waals surface area contributed by atoms with Crippen LogP contribution >= 0.6 is 0 Å². The van der Waals surface area contributed by atoms with E-state index < -0.39 is 29.9 Å². The van der Waals surface area contributed by atoms with Crippen molar-refractivity contribution in [1.82, 2.24) is 0 Å². The molecule has 0 atom stereocenters. The minimum Gasteiger partial charge on any atom is -0.481 e. The van der Waals surface area contributed by atoms with Crippen LogP contribution in [0.3, 0.4) is 0 Å². The molecule has 0 amide bonds. The zero-order valence-corrected chi connectivity index (χ0v) is 9.47. The number of rotatable bonds is 4. The minimum atomic E-state index is -1.54. The van der Waals surface area contributed by atoms with Gasteiger partial charge in [0.15, 0.2) is 0 Å². The fraction of sp³-hybridized carbons (Fsp3) is 0.167. The van der Waals surface area contributed by atoms with Crippen molar-refractivity contribution in [2.45, 2.75) is 6.42 Å². The van der Waals surface area contributed by atoms with Crippen LogP contribution in [0.5, 0.6) is 0 Å². The molecule has 0 aromatic rings. The van der Waals surface area contributed by atoms with E-state index in [-0.39, 0.29) is 50.9 Å². The number of aliphatic carboxylic acids is 3. The summed E-state index contributed by atoms with van der Waals surface area (Å²) in [6, 6.07) is 0. The number of hydrogen-bond acceptors (Lipinski definition) is 3. The monoisotopic (exact) mass is 368 g/mol. The summed E-state index contributed by atoms with van der Waals surface area (Å²) in [7, 11) is 0. The van der Waals surface area contributed by atoms with E-state index in [9.17, 15) is 14.4 Å². The first-order valence-corrected chi connectivity index (χ1v) is 2.82. The van der Waals surface area contributed by atoms with Gasteiger partial charge in [0, 0.05) is 46.0 Å². The Labute approximate surface area is 116 Å². The van der Waals surface area contributed by atoms with Crippen molar-refractivity contribution in [2.75, 3.05) is 0 Å². The molecule has 0 aromatic carbocycles. The third-order valence-corrected chi connectivity index (χ3v) is 0.914. The first-order valence-electron chi connectivity index (χ1n) is 2.82. The molecule has 90 valence electrons. The Morgan fingerprint density at radius 2 is 1.40 bits per heavy atom. The molecule has 0 aromatic heterocycles. The summed E-state index contributed by atoms with van der Waals surface area (Å²) in [5.41, 5.74) is -0.657. The average Bonchev–Trinajstić information content (AvgIpc) is 1.83. The van der Waals surface area contributed by atoms with Crippen molar-refractivity contribution in [2.24, 2.45) is 0 Å². The molecule has 8 nitrogen and oxygen atoms in total. The van der Waals surface area contributed by atoms with Gasteiger partial charge in [-0.3, -0.25) is 4.79 Å². The second-order valence-electron chi connectivity index (χ2n) is 1.88. The number of carbonyl (C=O) groups is 3. The van der Waals surface area contributed by atoms with Crippen molar-refractivity contribution in [3.8, 4) is 0 Å². The Bertz CT molecular complexity index is 258. The van der Waals surface area contributed by atoms with Crippen molar-refractivity contribution in [1.29, 1.82) is 0 Å². The Morgan fingerprint density at radius 3 is 1.60 bits per heavy atom. The van der Waals surface area contributed by atoms with Gasteiger partial charge in [-0.25, -0.2) is 9.59 Å². The fourth-order valence-corrected chi connectivity index (χ4v) is 0.500. The van der Waals surface area contributed by atoms with E-state index >= 15 is 0 Å². The van der Waals surface area contributed by atoms with E-state index in [0.717, 1.165) is 0 Å². The van der Waals surface area contributed by atoms with Crippen LogP contribution in [-0.2, 0) is 14.4 Å². The molecule has 0 saturated heterocycles. The van der Waals surface area contributed by atoms with Gasteiger partial charge in [-0.05, 0) is 0 Å². The van der Waals surface area contributed by atoms with Crippen LogP contribution in [0.4, 0.5) is 0 Å². The second kappa shape index (κ2) is 11.5. The third kappa shape index (κ3) is 13.4. The minimum absolute atomic E-state index is 0. The SMILES string of the molecule is O.O.O=C(O)C=C(CC(=O)O)C(=O)O.[Gd]. The summed E-state index contributed by atoms with van der Waals surface area (Å²) in [6.07, 6.45) is -0.446. The van der Waals surface area contributed by atoms with E-state index in [1.165, 1.54) is 0 Å². The molecule has 0 aliphatic heterocycles. The van der Waals surface area contributed by atoms with Crippen molar-refractivity contribution < 1.29 is 80.6 Å². The molecule has 0 heterocycles. The second-order valence-corrected chi connectivity index (χ2v) is 1.88. The Kier molecular flexibility index (Phi) is 18.3. The fourth-order valence-electron chi connectivity index (χ4n) is 0.500. The maximum Gasteiger partial charge on any atom is 0.332 e. The molecular formula is C6H10GdO8. The summed E-state index contributed by atoms with van der Waals surface area (Å²) in [4.78, 5) is 30.1. The maximum absolute atomic E-state index is 10.2. The van der Waals surface area contributed by atoms with Gasteiger partial charge < -0.3 is 26.3 Å². The van der Waals surface area contributed by atoms with Crippen molar-refractivity contribution >= 4 is 17.9 Å². The van der Waals surface area contributed by atoms with E-state index in [2.05, 4.69) is 0 Å².